The van der Waals surface area contributed by atoms with Crippen molar-refractivity contribution in [3.05, 3.63) is 29.8 Å². The number of likely N-dealkylation sites (tertiary alicyclic amines) is 1. The maximum absolute atomic E-state index is 12.0. The summed E-state index contributed by atoms with van der Waals surface area (Å²) < 4.78 is 0. The van der Waals surface area contributed by atoms with Crippen LogP contribution in [0.3, 0.4) is 0 Å². The average Bonchev–Trinajstić information content (AvgIpc) is 2.55. The molecule has 2 heterocycles. The fraction of sp³-hybridized carbons (Fsp3) is 0.588. The largest absolute Gasteiger partial charge is 0.328 e. The van der Waals surface area contributed by atoms with E-state index in [-0.39, 0.29) is 18.2 Å². The van der Waals surface area contributed by atoms with E-state index in [9.17, 15) is 4.79 Å². The lowest BCUT2D eigenvalue weighted by Gasteiger charge is -2.40. The molecule has 3 rings (SSSR count). The number of thioether (sulfide) groups is 1. The van der Waals surface area contributed by atoms with Crippen LogP contribution in [0.15, 0.2) is 29.2 Å². The minimum Gasteiger partial charge on any atom is -0.328 e. The van der Waals surface area contributed by atoms with Gasteiger partial charge in [0.25, 0.3) is 0 Å². The highest BCUT2D eigenvalue weighted by atomic mass is 32.2. The molecule has 2 atom stereocenters. The van der Waals surface area contributed by atoms with Crippen LogP contribution in [0.5, 0.6) is 0 Å². The second kappa shape index (κ2) is 7.49. The van der Waals surface area contributed by atoms with Gasteiger partial charge in [-0.2, -0.15) is 0 Å². The van der Waals surface area contributed by atoms with E-state index in [2.05, 4.69) is 46.7 Å². The fourth-order valence-electron chi connectivity index (χ4n) is 3.07. The molecule has 2 fully saturated rings. The Labute approximate surface area is 137 Å². The molecule has 1 aromatic rings. The number of aryl methyl sites for hydroxylation is 1. The van der Waals surface area contributed by atoms with Crippen molar-refractivity contribution in [1.82, 2.24) is 15.5 Å². The Morgan fingerprint density at radius 2 is 1.91 bits per heavy atom. The van der Waals surface area contributed by atoms with Crippen LogP contribution in [0.2, 0.25) is 0 Å². The van der Waals surface area contributed by atoms with E-state index in [0.29, 0.717) is 6.42 Å². The van der Waals surface area contributed by atoms with Crippen LogP contribution in [0.4, 0.5) is 0 Å². The zero-order valence-corrected chi connectivity index (χ0v) is 14.0. The third-order valence-corrected chi connectivity index (χ3v) is 5.53. The van der Waals surface area contributed by atoms with Gasteiger partial charge in [0.1, 0.15) is 6.29 Å². The topological polar surface area (TPSA) is 44.4 Å². The molecule has 2 unspecified atom stereocenters. The van der Waals surface area contributed by atoms with Crippen molar-refractivity contribution in [2.24, 2.45) is 0 Å². The summed E-state index contributed by atoms with van der Waals surface area (Å²) in [6, 6.07) is 8.84. The van der Waals surface area contributed by atoms with Crippen molar-refractivity contribution >= 4 is 17.7 Å². The van der Waals surface area contributed by atoms with Gasteiger partial charge in [0.2, 0.25) is 5.91 Å². The first-order valence-corrected chi connectivity index (χ1v) is 9.18. The van der Waals surface area contributed by atoms with E-state index in [1.807, 2.05) is 11.8 Å². The van der Waals surface area contributed by atoms with Gasteiger partial charge in [0.05, 0.1) is 0 Å². The quantitative estimate of drug-likeness (QED) is 0.836. The molecule has 1 aromatic carbocycles. The minimum atomic E-state index is 0.0187. The Kier molecular flexibility index (Phi) is 5.39. The van der Waals surface area contributed by atoms with Crippen LogP contribution < -0.4 is 10.6 Å². The van der Waals surface area contributed by atoms with E-state index < -0.39 is 0 Å². The van der Waals surface area contributed by atoms with Crippen LogP contribution in [-0.4, -0.2) is 42.0 Å². The van der Waals surface area contributed by atoms with Crippen LogP contribution in [0.1, 0.15) is 31.2 Å². The number of hydrogen-bond donors (Lipinski definition) is 2. The third kappa shape index (κ3) is 4.24. The highest BCUT2D eigenvalue weighted by Gasteiger charge is 2.30. The van der Waals surface area contributed by atoms with Crippen LogP contribution in [0.25, 0.3) is 0 Å². The number of rotatable bonds is 4. The molecule has 2 N–H and O–H groups in total. The number of nitrogens with zero attached hydrogens (tertiary/aromatic N) is 1. The molecule has 2 aliphatic heterocycles. The average molecular weight is 319 g/mol. The van der Waals surface area contributed by atoms with Gasteiger partial charge in [-0.3, -0.25) is 15.0 Å². The second-order valence-electron chi connectivity index (χ2n) is 6.26. The summed E-state index contributed by atoms with van der Waals surface area (Å²) in [4.78, 5) is 15.6. The standard InChI is InChI=1S/C17H25N3OS/c1-13-5-7-15(8-6-13)22-12-14-11-16(21)19-17(18-14)20-9-3-2-4-10-20/h5-8,14,17-18H,2-4,9-12H2,1H3,(H,19,21). The molecular formula is C17H25N3OS. The van der Waals surface area contributed by atoms with Crippen LogP contribution in [0, 0.1) is 6.92 Å². The van der Waals surface area contributed by atoms with Crippen LogP contribution in [-0.2, 0) is 4.79 Å². The van der Waals surface area contributed by atoms with E-state index in [4.69, 9.17) is 0 Å². The SMILES string of the molecule is Cc1ccc(SCC2CC(=O)NC(N3CCCCC3)N2)cc1. The molecule has 0 aliphatic carbocycles. The normalized spacial score (nSPS) is 26.7. The molecule has 120 valence electrons. The van der Waals surface area contributed by atoms with Gasteiger partial charge in [0.15, 0.2) is 0 Å². The summed E-state index contributed by atoms with van der Waals surface area (Å²) in [5.74, 6) is 1.10. The van der Waals surface area contributed by atoms with Crippen molar-refractivity contribution in [3.8, 4) is 0 Å². The van der Waals surface area contributed by atoms with E-state index in [1.54, 1.807) is 0 Å². The molecule has 0 bridgehead atoms. The van der Waals surface area contributed by atoms with E-state index in [1.165, 1.54) is 29.7 Å². The Balaban J connectivity index is 1.54. The number of hydrogen-bond acceptors (Lipinski definition) is 4. The molecule has 22 heavy (non-hydrogen) atoms. The summed E-state index contributed by atoms with van der Waals surface area (Å²) in [6.45, 7) is 4.26. The van der Waals surface area contributed by atoms with Gasteiger partial charge in [-0.05, 0) is 31.9 Å². The smallest absolute Gasteiger partial charge is 0.223 e. The van der Waals surface area contributed by atoms with Crippen molar-refractivity contribution in [3.63, 3.8) is 0 Å². The summed E-state index contributed by atoms with van der Waals surface area (Å²) in [7, 11) is 0. The molecular weight excluding hydrogens is 294 g/mol. The Hall–Kier alpha value is -1.04. The highest BCUT2D eigenvalue weighted by molar-refractivity contribution is 7.99. The first kappa shape index (κ1) is 15.8. The Morgan fingerprint density at radius 1 is 1.18 bits per heavy atom. The lowest BCUT2D eigenvalue weighted by molar-refractivity contribution is -0.126. The van der Waals surface area contributed by atoms with Gasteiger partial charge in [-0.1, -0.05) is 24.1 Å². The van der Waals surface area contributed by atoms with Gasteiger partial charge >= 0.3 is 0 Å². The Bertz CT molecular complexity index is 499. The van der Waals surface area contributed by atoms with Gasteiger partial charge in [-0.25, -0.2) is 0 Å². The van der Waals surface area contributed by atoms with E-state index in [0.717, 1.165) is 18.8 Å². The van der Waals surface area contributed by atoms with Gasteiger partial charge in [0, 0.05) is 36.2 Å². The molecule has 2 saturated heterocycles. The number of carbonyl (C=O) groups excluding carboxylic acids is 1. The number of nitrogens with one attached hydrogen (secondary N) is 2. The molecule has 0 spiro atoms. The first-order valence-electron chi connectivity index (χ1n) is 8.20. The zero-order chi connectivity index (χ0) is 15.4. The maximum Gasteiger partial charge on any atom is 0.223 e. The molecule has 4 nitrogen and oxygen atoms in total. The maximum atomic E-state index is 12.0. The summed E-state index contributed by atoms with van der Waals surface area (Å²) in [5, 5.41) is 6.70. The number of piperidine rings is 1. The van der Waals surface area contributed by atoms with Gasteiger partial charge in [-0.15, -0.1) is 11.8 Å². The Morgan fingerprint density at radius 3 is 2.64 bits per heavy atom. The predicted octanol–water partition coefficient (Wildman–Crippen LogP) is 2.33. The molecule has 0 radical (unpaired) electrons. The van der Waals surface area contributed by atoms with Crippen molar-refractivity contribution < 1.29 is 4.79 Å². The third-order valence-electron chi connectivity index (χ3n) is 4.35. The number of benzene rings is 1. The van der Waals surface area contributed by atoms with Crippen molar-refractivity contribution in [2.75, 3.05) is 18.8 Å². The minimum absolute atomic E-state index is 0.0187. The molecule has 5 heteroatoms. The molecule has 1 amide bonds. The predicted molar refractivity (Wildman–Crippen MR) is 90.8 cm³/mol. The second-order valence-corrected chi connectivity index (χ2v) is 7.35. The van der Waals surface area contributed by atoms with Crippen molar-refractivity contribution in [1.29, 1.82) is 0 Å². The lowest BCUT2D eigenvalue weighted by atomic mass is 10.1. The number of carbonyl (C=O) groups is 1. The van der Waals surface area contributed by atoms with Gasteiger partial charge < -0.3 is 5.32 Å². The number of amides is 1. The summed E-state index contributed by atoms with van der Waals surface area (Å²) in [5.41, 5.74) is 1.28. The molecule has 0 aromatic heterocycles. The molecule has 0 saturated carbocycles. The lowest BCUT2D eigenvalue weighted by Crippen LogP contribution is -2.65. The van der Waals surface area contributed by atoms with Crippen molar-refractivity contribution in [2.45, 2.75) is 49.8 Å². The first-order chi connectivity index (χ1) is 10.7. The fourth-order valence-corrected chi connectivity index (χ4v) is 4.01. The summed E-state index contributed by atoms with van der Waals surface area (Å²) >= 11 is 1.83. The zero-order valence-electron chi connectivity index (χ0n) is 13.2. The highest BCUT2D eigenvalue weighted by Crippen LogP contribution is 2.21. The molecule has 2 aliphatic rings. The summed E-state index contributed by atoms with van der Waals surface area (Å²) in [6.07, 6.45) is 4.37. The van der Waals surface area contributed by atoms with Crippen LogP contribution >= 0.6 is 11.8 Å². The van der Waals surface area contributed by atoms with E-state index >= 15 is 0 Å². The monoisotopic (exact) mass is 319 g/mol.